The van der Waals surface area contributed by atoms with E-state index < -0.39 is 104 Å². The van der Waals surface area contributed by atoms with Crippen LogP contribution in [0.15, 0.2) is 22.7 Å². The van der Waals surface area contributed by atoms with Crippen molar-refractivity contribution in [2.75, 3.05) is 38.5 Å². The summed E-state index contributed by atoms with van der Waals surface area (Å²) < 4.78 is 0. The lowest BCUT2D eigenvalue weighted by Gasteiger charge is -2.41. The number of nitrogen functional groups attached to an aromatic ring is 1. The maximum atomic E-state index is 13.5. The van der Waals surface area contributed by atoms with Gasteiger partial charge in [0.25, 0.3) is 17.6 Å². The van der Waals surface area contributed by atoms with Crippen LogP contribution in [0, 0.1) is 5.92 Å². The van der Waals surface area contributed by atoms with Gasteiger partial charge in [0.05, 0.1) is 29.6 Å². The van der Waals surface area contributed by atoms with Crippen molar-refractivity contribution in [3.05, 3.63) is 33.8 Å². The molecule has 8 N–H and O–H groups in total. The van der Waals surface area contributed by atoms with E-state index in [2.05, 4.69) is 20.9 Å². The number of aromatic hydroxyl groups is 2. The van der Waals surface area contributed by atoms with Crippen LogP contribution in [0.2, 0.25) is 5.02 Å². The van der Waals surface area contributed by atoms with Crippen LogP contribution >= 0.6 is 34.7 Å². The Morgan fingerprint density at radius 3 is 2.42 bits per heavy atom. The molecule has 4 aliphatic rings. The number of nitrogens with zero attached hydrogens (tertiary/aromatic N) is 6. The Morgan fingerprint density at radius 1 is 1.11 bits per heavy atom. The average molecular weight is 824 g/mol. The number of thiazole rings is 1. The van der Waals surface area contributed by atoms with Crippen molar-refractivity contribution in [3.8, 4) is 11.5 Å². The Morgan fingerprint density at radius 2 is 1.80 bits per heavy atom. The Balaban J connectivity index is 1.08. The highest BCUT2D eigenvalue weighted by Gasteiger charge is 2.66. The molecule has 0 bridgehead atoms. The molecule has 5 heterocycles. The summed E-state index contributed by atoms with van der Waals surface area (Å²) in [5.41, 5.74) is 5.29. The van der Waals surface area contributed by atoms with Crippen molar-refractivity contribution in [1.29, 1.82) is 0 Å². The fraction of sp³-hybridized carbons (Fsp3) is 0.400. The van der Waals surface area contributed by atoms with Crippen LogP contribution in [0.3, 0.4) is 0 Å². The van der Waals surface area contributed by atoms with Gasteiger partial charge in [0, 0.05) is 25.0 Å². The van der Waals surface area contributed by atoms with Gasteiger partial charge in [-0.2, -0.15) is 0 Å². The van der Waals surface area contributed by atoms with E-state index in [1.54, 1.807) is 0 Å². The number of fused-ring (bicyclic) bond motifs is 1. The number of anilines is 1. The van der Waals surface area contributed by atoms with Gasteiger partial charge in [-0.15, -0.1) is 11.3 Å². The summed E-state index contributed by atoms with van der Waals surface area (Å²) in [4.78, 5) is 113. The second-order valence-corrected chi connectivity index (χ2v) is 15.7. The Labute approximate surface area is 321 Å². The number of benzene rings is 1. The van der Waals surface area contributed by atoms with Crippen LogP contribution in [0.1, 0.15) is 29.9 Å². The minimum absolute atomic E-state index is 0.0496. The standard InChI is InChI=1S/C30H30ClN9O13S2/c1-29(2,25(48)49)53-36-16(13-9-54-27(32)33-13)21(45)34-17-22(46)38-10-30(26(50)51,55-24(17)38)39-5-6-40(28(39)52)35-20(44)11-7-37(8-11)23(47)18(42)12-3-4-14(41)19(43)15(12)31/h3-4,9,11,17,24,41,43H,5-8,10H2,1-2H3,(H2,32,33)(H,34,45)(H,35,44)(H,48,49)(H,50,51)/b36-16-/t17?,24-,30-/m1/s1. The molecule has 6 amide bonds. The van der Waals surface area contributed by atoms with Crippen LogP contribution in [0.5, 0.6) is 11.5 Å². The first kappa shape index (κ1) is 38.8. The maximum absolute atomic E-state index is 13.5. The van der Waals surface area contributed by atoms with E-state index >= 15 is 0 Å². The highest BCUT2D eigenvalue weighted by atomic mass is 35.5. The molecule has 0 saturated carbocycles. The molecule has 3 atom stereocenters. The number of thioether (sulfide) groups is 1. The first-order valence-corrected chi connectivity index (χ1v) is 18.1. The summed E-state index contributed by atoms with van der Waals surface area (Å²) in [6.07, 6.45) is 0. The SMILES string of the molecule is CC(C)(O/N=C(\C(=O)NC1C(=O)N2C[C@@](C(=O)O)(N3CCN(NC(=O)C4CN(C(=O)C(=O)c5ccc(O)c(O)c5Cl)C4)C3=O)S[C@H]12)c1csc(N)n1)C(=O)O. The van der Waals surface area contributed by atoms with E-state index in [0.717, 1.165) is 43.2 Å². The zero-order valence-electron chi connectivity index (χ0n) is 28.4. The molecule has 0 aliphatic carbocycles. The number of hydrogen-bond acceptors (Lipinski definition) is 16. The number of carbonyl (C=O) groups is 8. The van der Waals surface area contributed by atoms with Crippen LogP contribution in [-0.2, 0) is 33.6 Å². The normalized spacial score (nSPS) is 22.5. The summed E-state index contributed by atoms with van der Waals surface area (Å²) >= 11 is 7.55. The van der Waals surface area contributed by atoms with E-state index in [0.29, 0.717) is 11.8 Å². The number of ketones is 1. The van der Waals surface area contributed by atoms with Crippen molar-refractivity contribution in [3.63, 3.8) is 0 Å². The second kappa shape index (κ2) is 14.1. The number of hydrogen-bond donors (Lipinski definition) is 7. The molecule has 6 rings (SSSR count). The number of hydrazine groups is 1. The number of amides is 6. The van der Waals surface area contributed by atoms with Crippen LogP contribution in [0.4, 0.5) is 9.93 Å². The van der Waals surface area contributed by atoms with Crippen LogP contribution in [-0.4, -0.2) is 153 Å². The first-order chi connectivity index (χ1) is 25.8. The van der Waals surface area contributed by atoms with Crippen molar-refractivity contribution in [1.82, 2.24) is 35.4 Å². The first-order valence-electron chi connectivity index (χ1n) is 15.9. The molecular weight excluding hydrogens is 794 g/mol. The largest absolute Gasteiger partial charge is 0.504 e. The van der Waals surface area contributed by atoms with Gasteiger partial charge in [0.2, 0.25) is 22.3 Å². The number of phenolic OH excluding ortho intramolecular Hbond substituents is 2. The number of oxime groups is 1. The van der Waals surface area contributed by atoms with Gasteiger partial charge in [0.15, 0.2) is 22.3 Å². The molecule has 4 aliphatic heterocycles. The highest BCUT2D eigenvalue weighted by molar-refractivity contribution is 8.02. The predicted octanol–water partition coefficient (Wildman–Crippen LogP) is -1.34. The van der Waals surface area contributed by atoms with E-state index in [-0.39, 0.29) is 42.6 Å². The molecule has 292 valence electrons. The van der Waals surface area contributed by atoms with E-state index in [1.807, 2.05) is 0 Å². The van der Waals surface area contributed by atoms with Crippen molar-refractivity contribution in [2.45, 2.75) is 35.7 Å². The zero-order chi connectivity index (χ0) is 40.3. The summed E-state index contributed by atoms with van der Waals surface area (Å²) in [6.45, 7) is 1.14. The van der Waals surface area contributed by atoms with Crippen molar-refractivity contribution >= 4 is 92.9 Å². The Kier molecular flexibility index (Phi) is 9.94. The minimum atomic E-state index is -2.03. The minimum Gasteiger partial charge on any atom is -0.504 e. The molecular formula is C30H30ClN9O13S2. The van der Waals surface area contributed by atoms with Crippen LogP contribution in [0.25, 0.3) is 0 Å². The number of nitrogens with two attached hydrogens (primary N) is 1. The topological polar surface area (TPSA) is 315 Å². The van der Waals surface area contributed by atoms with Gasteiger partial charge in [0.1, 0.15) is 17.1 Å². The lowest BCUT2D eigenvalue weighted by atomic mass is 9.97. The highest BCUT2D eigenvalue weighted by Crippen LogP contribution is 2.49. The Hall–Kier alpha value is -5.88. The molecule has 1 aromatic heterocycles. The molecule has 25 heteroatoms. The summed E-state index contributed by atoms with van der Waals surface area (Å²) in [5.74, 6) is -9.59. The van der Waals surface area contributed by atoms with Gasteiger partial charge >= 0.3 is 18.0 Å². The molecule has 55 heavy (non-hydrogen) atoms. The maximum Gasteiger partial charge on any atom is 0.350 e. The monoisotopic (exact) mass is 823 g/mol. The predicted molar refractivity (Wildman–Crippen MR) is 187 cm³/mol. The van der Waals surface area contributed by atoms with E-state index in [9.17, 15) is 58.8 Å². The van der Waals surface area contributed by atoms with E-state index in [4.69, 9.17) is 22.2 Å². The number of aliphatic carboxylic acids is 2. The lowest BCUT2D eigenvalue weighted by molar-refractivity contribution is -0.161. The third kappa shape index (κ3) is 6.75. The second-order valence-electron chi connectivity index (χ2n) is 13.0. The number of carboxylic acids is 2. The number of rotatable bonds is 12. The Bertz CT molecular complexity index is 2090. The number of nitrogens with one attached hydrogen (secondary N) is 2. The fourth-order valence-corrected chi connectivity index (χ4v) is 8.25. The van der Waals surface area contributed by atoms with Gasteiger partial charge in [-0.1, -0.05) is 28.5 Å². The molecule has 4 saturated heterocycles. The van der Waals surface area contributed by atoms with Gasteiger partial charge in [-0.3, -0.25) is 34.3 Å². The number of carbonyl (C=O) groups excluding carboxylic acids is 6. The molecule has 0 spiro atoms. The molecule has 0 radical (unpaired) electrons. The number of phenols is 2. The number of Topliss-reactive ketones (excluding diaryl/α,β-unsaturated/α-hetero) is 1. The van der Waals surface area contributed by atoms with Crippen molar-refractivity contribution in [2.24, 2.45) is 11.1 Å². The molecule has 1 unspecified atom stereocenters. The third-order valence-corrected chi connectivity index (χ3v) is 11.8. The molecule has 4 fully saturated rings. The number of carboxylic acid groups (broad SMARTS) is 2. The number of likely N-dealkylation sites (tertiary alicyclic amines) is 1. The number of aromatic nitrogens is 1. The average Bonchev–Trinajstić information content (AvgIpc) is 3.81. The summed E-state index contributed by atoms with van der Waals surface area (Å²) in [7, 11) is 0. The van der Waals surface area contributed by atoms with Gasteiger partial charge in [-0.25, -0.2) is 24.4 Å². The molecule has 1 aromatic carbocycles. The fourth-order valence-electron chi connectivity index (χ4n) is 5.82. The number of β-lactam (4-membered cyclic amide) rings is 1. The quantitative estimate of drug-likeness (QED) is 0.0326. The number of urea groups is 1. The smallest absolute Gasteiger partial charge is 0.350 e. The third-order valence-electron chi connectivity index (χ3n) is 9.09. The van der Waals surface area contributed by atoms with Crippen LogP contribution < -0.4 is 16.5 Å². The number of halogens is 1. The van der Waals surface area contributed by atoms with Gasteiger partial charge in [-0.05, 0) is 26.0 Å². The lowest BCUT2D eigenvalue weighted by Crippen LogP contribution is -2.68. The van der Waals surface area contributed by atoms with E-state index in [1.165, 1.54) is 19.2 Å². The molecule has 2 aromatic rings. The summed E-state index contributed by atoms with van der Waals surface area (Å²) in [6, 6.07) is -0.163. The summed E-state index contributed by atoms with van der Waals surface area (Å²) in [5, 5.41) is 46.0. The van der Waals surface area contributed by atoms with Gasteiger partial charge < -0.3 is 46.1 Å². The zero-order valence-corrected chi connectivity index (χ0v) is 30.8. The van der Waals surface area contributed by atoms with Crippen molar-refractivity contribution < 1.29 is 63.6 Å². The molecule has 22 nitrogen and oxygen atoms in total.